The summed E-state index contributed by atoms with van der Waals surface area (Å²) in [5, 5.41) is 17.9. The van der Waals surface area contributed by atoms with Crippen molar-refractivity contribution in [3.63, 3.8) is 0 Å². The Morgan fingerprint density at radius 2 is 2.06 bits per heavy atom. The minimum Gasteiger partial charge on any atom is -0.389 e. The van der Waals surface area contributed by atoms with E-state index in [4.69, 9.17) is 0 Å². The van der Waals surface area contributed by atoms with Crippen molar-refractivity contribution in [1.29, 1.82) is 0 Å². The highest BCUT2D eigenvalue weighted by molar-refractivity contribution is 5.01. The van der Waals surface area contributed by atoms with E-state index in [9.17, 15) is 18.3 Å². The summed E-state index contributed by atoms with van der Waals surface area (Å²) in [4.78, 5) is 0. The average Bonchev–Trinajstić information content (AvgIpc) is 2.62. The molecule has 0 amide bonds. The molecule has 1 aliphatic rings. The van der Waals surface area contributed by atoms with E-state index in [1.54, 1.807) is 13.2 Å². The second-order valence-electron chi connectivity index (χ2n) is 5.10. The molecule has 1 fully saturated rings. The van der Waals surface area contributed by atoms with Gasteiger partial charge in [0.2, 0.25) is 0 Å². The molecule has 0 atom stereocenters. The first-order valence-corrected chi connectivity index (χ1v) is 5.93. The van der Waals surface area contributed by atoms with E-state index in [1.807, 2.05) is 0 Å². The number of aliphatic hydroxyl groups is 1. The first-order valence-electron chi connectivity index (χ1n) is 5.93. The molecule has 102 valence electrons. The van der Waals surface area contributed by atoms with Crippen LogP contribution < -0.4 is 0 Å². The molecule has 0 aromatic carbocycles. The van der Waals surface area contributed by atoms with Gasteiger partial charge in [-0.3, -0.25) is 4.68 Å². The van der Waals surface area contributed by atoms with Gasteiger partial charge in [-0.05, 0) is 25.7 Å². The van der Waals surface area contributed by atoms with Crippen molar-refractivity contribution in [3.05, 3.63) is 11.9 Å². The topological polar surface area (TPSA) is 50.9 Å². The number of hydrogen-bond acceptors (Lipinski definition) is 3. The third-order valence-corrected chi connectivity index (χ3v) is 3.54. The molecule has 0 bridgehead atoms. The van der Waals surface area contributed by atoms with Crippen molar-refractivity contribution in [2.75, 3.05) is 0 Å². The minimum absolute atomic E-state index is 0.0136. The molecule has 1 N–H and O–H groups in total. The van der Waals surface area contributed by atoms with Crippen LogP contribution in [0.25, 0.3) is 0 Å². The number of aryl methyl sites for hydroxylation is 1. The van der Waals surface area contributed by atoms with Crippen LogP contribution in [0.1, 0.15) is 31.4 Å². The van der Waals surface area contributed by atoms with E-state index in [-0.39, 0.29) is 32.1 Å². The highest BCUT2D eigenvalue weighted by Crippen LogP contribution is 2.41. The third kappa shape index (κ3) is 3.01. The summed E-state index contributed by atoms with van der Waals surface area (Å²) >= 11 is 0. The highest BCUT2D eigenvalue weighted by atomic mass is 19.4. The molecule has 0 aliphatic heterocycles. The molecule has 7 heteroatoms. The van der Waals surface area contributed by atoms with Crippen molar-refractivity contribution >= 4 is 0 Å². The second-order valence-corrected chi connectivity index (χ2v) is 5.10. The van der Waals surface area contributed by atoms with E-state index in [1.165, 1.54) is 4.68 Å². The van der Waals surface area contributed by atoms with Gasteiger partial charge in [0, 0.05) is 19.7 Å². The van der Waals surface area contributed by atoms with Crippen LogP contribution in [0.3, 0.4) is 0 Å². The Labute approximate surface area is 103 Å². The molecule has 1 aromatic heterocycles. The van der Waals surface area contributed by atoms with Crippen LogP contribution in [0.4, 0.5) is 13.2 Å². The number of alkyl halides is 3. The van der Waals surface area contributed by atoms with Crippen LogP contribution in [0.5, 0.6) is 0 Å². The van der Waals surface area contributed by atoms with Crippen LogP contribution in [0, 0.1) is 5.92 Å². The number of rotatable bonds is 2. The summed E-state index contributed by atoms with van der Waals surface area (Å²) in [6.07, 6.45) is -1.91. The number of nitrogens with zero attached hydrogens (tertiary/aromatic N) is 3. The van der Waals surface area contributed by atoms with Crippen molar-refractivity contribution in [3.8, 4) is 0 Å². The number of aromatic nitrogens is 3. The van der Waals surface area contributed by atoms with Crippen molar-refractivity contribution < 1.29 is 18.3 Å². The van der Waals surface area contributed by atoms with E-state index >= 15 is 0 Å². The van der Waals surface area contributed by atoms with Gasteiger partial charge in [-0.2, -0.15) is 13.2 Å². The average molecular weight is 263 g/mol. The van der Waals surface area contributed by atoms with Gasteiger partial charge in [0.15, 0.2) is 0 Å². The fourth-order valence-electron chi connectivity index (χ4n) is 2.47. The Kier molecular flexibility index (Phi) is 3.35. The van der Waals surface area contributed by atoms with Crippen LogP contribution in [0.2, 0.25) is 0 Å². The monoisotopic (exact) mass is 263 g/mol. The van der Waals surface area contributed by atoms with E-state index < -0.39 is 17.7 Å². The maximum atomic E-state index is 12.5. The second kappa shape index (κ2) is 4.53. The summed E-state index contributed by atoms with van der Waals surface area (Å²) in [7, 11) is 1.71. The zero-order valence-corrected chi connectivity index (χ0v) is 10.1. The van der Waals surface area contributed by atoms with Gasteiger partial charge in [0.05, 0.1) is 17.2 Å². The lowest BCUT2D eigenvalue weighted by Gasteiger charge is -2.36. The van der Waals surface area contributed by atoms with Gasteiger partial charge in [0.25, 0.3) is 0 Å². The summed E-state index contributed by atoms with van der Waals surface area (Å²) in [5.41, 5.74) is -0.455. The third-order valence-electron chi connectivity index (χ3n) is 3.54. The maximum absolute atomic E-state index is 12.5. The number of halogens is 3. The van der Waals surface area contributed by atoms with Gasteiger partial charge in [-0.1, -0.05) is 5.21 Å². The Hall–Kier alpha value is -1.11. The SMILES string of the molecule is Cn1cc(CC2(O)CCC(C(F)(F)F)CC2)nn1. The van der Waals surface area contributed by atoms with Gasteiger partial charge >= 0.3 is 6.18 Å². The molecule has 1 aliphatic carbocycles. The largest absolute Gasteiger partial charge is 0.391 e. The van der Waals surface area contributed by atoms with Gasteiger partial charge < -0.3 is 5.11 Å². The van der Waals surface area contributed by atoms with Crippen LogP contribution in [-0.2, 0) is 13.5 Å². The fraction of sp³-hybridized carbons (Fsp3) is 0.818. The van der Waals surface area contributed by atoms with Crippen molar-refractivity contribution in [2.24, 2.45) is 13.0 Å². The molecule has 0 unspecified atom stereocenters. The molecule has 4 nitrogen and oxygen atoms in total. The molecule has 18 heavy (non-hydrogen) atoms. The van der Waals surface area contributed by atoms with Crippen LogP contribution >= 0.6 is 0 Å². The van der Waals surface area contributed by atoms with Crippen molar-refractivity contribution in [1.82, 2.24) is 15.0 Å². The molecular formula is C11H16F3N3O. The van der Waals surface area contributed by atoms with Gasteiger partial charge in [-0.15, -0.1) is 5.10 Å². The predicted molar refractivity (Wildman–Crippen MR) is 57.7 cm³/mol. The summed E-state index contributed by atoms with van der Waals surface area (Å²) in [6, 6.07) is 0. The number of hydrogen-bond donors (Lipinski definition) is 1. The highest BCUT2D eigenvalue weighted by Gasteiger charge is 2.45. The Morgan fingerprint density at radius 1 is 1.44 bits per heavy atom. The first-order chi connectivity index (χ1) is 8.28. The Balaban J connectivity index is 1.95. The Morgan fingerprint density at radius 3 is 2.50 bits per heavy atom. The standard InChI is InChI=1S/C11H16F3N3O/c1-17-7-9(15-16-17)6-10(18)4-2-8(3-5-10)11(12,13)14/h7-8,18H,2-6H2,1H3. The quantitative estimate of drug-likeness (QED) is 0.885. The van der Waals surface area contributed by atoms with E-state index in [0.29, 0.717) is 5.69 Å². The Bertz CT molecular complexity index is 408. The molecular weight excluding hydrogens is 247 g/mol. The fourth-order valence-corrected chi connectivity index (χ4v) is 2.47. The molecule has 1 heterocycles. The molecule has 1 aromatic rings. The predicted octanol–water partition coefficient (Wildman–Crippen LogP) is 1.84. The van der Waals surface area contributed by atoms with E-state index in [0.717, 1.165) is 0 Å². The summed E-state index contributed by atoms with van der Waals surface area (Å²) in [6.45, 7) is 0. The van der Waals surface area contributed by atoms with Crippen LogP contribution in [0.15, 0.2) is 6.20 Å². The molecule has 0 saturated heterocycles. The van der Waals surface area contributed by atoms with Gasteiger partial charge in [-0.25, -0.2) is 0 Å². The smallest absolute Gasteiger partial charge is 0.389 e. The molecule has 1 saturated carbocycles. The normalized spacial score (nSPS) is 29.5. The molecule has 2 rings (SSSR count). The molecule has 0 spiro atoms. The lowest BCUT2D eigenvalue weighted by atomic mass is 9.76. The summed E-state index contributed by atoms with van der Waals surface area (Å²) in [5.74, 6) is -1.28. The summed E-state index contributed by atoms with van der Waals surface area (Å²) < 4.78 is 39.1. The zero-order valence-electron chi connectivity index (χ0n) is 10.1. The molecule has 0 radical (unpaired) electrons. The van der Waals surface area contributed by atoms with Crippen molar-refractivity contribution in [2.45, 2.75) is 43.9 Å². The zero-order chi connectivity index (χ0) is 13.4. The lowest BCUT2D eigenvalue weighted by Crippen LogP contribution is -2.39. The van der Waals surface area contributed by atoms with E-state index in [2.05, 4.69) is 10.3 Å². The maximum Gasteiger partial charge on any atom is 0.391 e. The minimum atomic E-state index is -4.14. The van der Waals surface area contributed by atoms with Crippen LogP contribution in [-0.4, -0.2) is 31.9 Å². The first kappa shape index (κ1) is 13.3. The lowest BCUT2D eigenvalue weighted by molar-refractivity contribution is -0.192. The van der Waals surface area contributed by atoms with Gasteiger partial charge in [0.1, 0.15) is 0 Å².